The molecule has 0 fully saturated rings. The molecule has 0 saturated heterocycles. The Morgan fingerprint density at radius 3 is 2.48 bits per heavy atom. The van der Waals surface area contributed by atoms with Crippen molar-refractivity contribution >= 4 is 52.6 Å². The summed E-state index contributed by atoms with van der Waals surface area (Å²) in [7, 11) is 0. The highest BCUT2D eigenvalue weighted by Crippen LogP contribution is 2.29. The second kappa shape index (κ2) is 9.39. The van der Waals surface area contributed by atoms with Gasteiger partial charge in [0.2, 0.25) is 3.79 Å². The number of alkyl halides is 3. The third kappa shape index (κ3) is 6.28. The van der Waals surface area contributed by atoms with Gasteiger partial charge in [0.25, 0.3) is 11.8 Å². The highest BCUT2D eigenvalue weighted by Gasteiger charge is 2.48. The van der Waals surface area contributed by atoms with Crippen LogP contribution in [0.3, 0.4) is 0 Å². The van der Waals surface area contributed by atoms with E-state index in [1.807, 2.05) is 0 Å². The number of hydrogen-bond donors (Lipinski definition) is 2. The maximum atomic E-state index is 12.4. The van der Waals surface area contributed by atoms with E-state index in [-0.39, 0.29) is 17.9 Å². The predicted octanol–water partition coefficient (Wildman–Crippen LogP) is 2.36. The van der Waals surface area contributed by atoms with Crippen molar-refractivity contribution in [3.05, 3.63) is 54.4 Å². The van der Waals surface area contributed by atoms with Crippen LogP contribution in [0.15, 0.2) is 54.4 Å². The molecule has 1 aromatic carbocycles. The van der Waals surface area contributed by atoms with Crippen molar-refractivity contribution in [2.24, 2.45) is 0 Å². The van der Waals surface area contributed by atoms with Crippen molar-refractivity contribution < 1.29 is 28.6 Å². The van der Waals surface area contributed by atoms with Gasteiger partial charge in [-0.3, -0.25) is 14.9 Å². The number of benzene rings is 1. The first kappa shape index (κ1) is 22.9. The topological polar surface area (TPSA) is 103 Å². The number of carbonyl (C=O) groups is 3. The van der Waals surface area contributed by atoms with Gasteiger partial charge in [-0.15, -0.1) is 0 Å². The number of amides is 2. The van der Waals surface area contributed by atoms with Gasteiger partial charge < -0.3 is 19.5 Å². The number of nitrogens with one attached hydrogen (secondary N) is 2. The van der Waals surface area contributed by atoms with E-state index in [0.717, 1.165) is 6.26 Å². The summed E-state index contributed by atoms with van der Waals surface area (Å²) in [6.45, 7) is 4.14. The van der Waals surface area contributed by atoms with Crippen LogP contribution >= 0.6 is 34.8 Å². The Kier molecular flexibility index (Phi) is 7.40. The van der Waals surface area contributed by atoms with Crippen molar-refractivity contribution in [2.45, 2.75) is 16.4 Å². The average molecular weight is 464 g/mol. The van der Waals surface area contributed by atoms with Crippen LogP contribution in [0.5, 0.6) is 5.75 Å². The summed E-state index contributed by atoms with van der Waals surface area (Å²) in [6.07, 6.45) is 0.907. The Bertz CT molecular complexity index is 838. The van der Waals surface area contributed by atoms with Gasteiger partial charge in [-0.05, 0) is 24.6 Å². The van der Waals surface area contributed by atoms with Crippen molar-refractivity contribution in [3.8, 4) is 5.75 Å². The minimum Gasteiger partial charge on any atom is -0.484 e. The van der Waals surface area contributed by atoms with Gasteiger partial charge in [0.1, 0.15) is 24.3 Å². The number of ether oxygens (including phenoxy) is 3. The minimum atomic E-state index is -2.03. The highest BCUT2D eigenvalue weighted by molar-refractivity contribution is 6.67. The first-order valence-corrected chi connectivity index (χ1v) is 9.25. The fourth-order valence-electron chi connectivity index (χ4n) is 2.13. The van der Waals surface area contributed by atoms with Crippen LogP contribution in [0.1, 0.15) is 6.92 Å². The van der Waals surface area contributed by atoms with E-state index in [1.54, 1.807) is 30.3 Å². The van der Waals surface area contributed by atoms with Gasteiger partial charge >= 0.3 is 11.7 Å². The lowest BCUT2D eigenvalue weighted by Gasteiger charge is -2.35. The summed E-state index contributed by atoms with van der Waals surface area (Å²) in [6, 6.07) is 8.64. The van der Waals surface area contributed by atoms with E-state index >= 15 is 0 Å². The van der Waals surface area contributed by atoms with Gasteiger partial charge in [-0.1, -0.05) is 59.6 Å². The predicted molar refractivity (Wildman–Crippen MR) is 106 cm³/mol. The molecule has 2 N–H and O–H groups in total. The van der Waals surface area contributed by atoms with Crippen LogP contribution in [0.2, 0.25) is 0 Å². The zero-order chi connectivity index (χ0) is 21.7. The number of carbonyl (C=O) groups excluding carboxylic acids is 3. The lowest BCUT2D eigenvalue weighted by molar-refractivity contribution is -0.169. The van der Waals surface area contributed by atoms with Crippen molar-refractivity contribution in [1.29, 1.82) is 0 Å². The molecule has 2 amide bonds. The van der Waals surface area contributed by atoms with Crippen molar-refractivity contribution in [1.82, 2.24) is 10.6 Å². The van der Waals surface area contributed by atoms with Gasteiger partial charge in [0.15, 0.2) is 6.61 Å². The normalized spacial score (nSPS) is 18.6. The first-order chi connectivity index (χ1) is 13.5. The van der Waals surface area contributed by atoms with Gasteiger partial charge in [-0.2, -0.15) is 0 Å². The van der Waals surface area contributed by atoms with Crippen LogP contribution in [0.4, 0.5) is 0 Å². The SMILES string of the molecule is C=C(C)C1(C(=O)OCC(Cl)(Cl)Cl)NC(=O)C(NC(=O)COc2ccccc2)=CO1. The molecule has 0 radical (unpaired) electrons. The molecule has 1 unspecified atom stereocenters. The van der Waals surface area contributed by atoms with E-state index in [4.69, 9.17) is 49.0 Å². The molecule has 1 atom stereocenters. The maximum absolute atomic E-state index is 12.4. The number of halogens is 3. The van der Waals surface area contributed by atoms with Crippen LogP contribution in [-0.4, -0.2) is 40.5 Å². The van der Waals surface area contributed by atoms with Crippen molar-refractivity contribution in [2.75, 3.05) is 13.2 Å². The third-order valence-electron chi connectivity index (χ3n) is 3.53. The molecule has 1 aliphatic rings. The molecule has 2 rings (SSSR count). The summed E-state index contributed by atoms with van der Waals surface area (Å²) in [5, 5.41) is 4.63. The quantitative estimate of drug-likeness (QED) is 0.366. The third-order valence-corrected chi connectivity index (χ3v) is 3.86. The molecule has 0 bridgehead atoms. The molecule has 8 nitrogen and oxygen atoms in total. The zero-order valence-electron chi connectivity index (χ0n) is 15.2. The molecule has 0 aromatic heterocycles. The van der Waals surface area contributed by atoms with Gasteiger partial charge in [-0.25, -0.2) is 4.79 Å². The number of rotatable bonds is 7. The fourth-order valence-corrected chi connectivity index (χ4v) is 2.29. The van der Waals surface area contributed by atoms with Crippen molar-refractivity contribution in [3.63, 3.8) is 0 Å². The van der Waals surface area contributed by atoms with E-state index in [2.05, 4.69) is 17.2 Å². The Hall–Kier alpha value is -2.42. The summed E-state index contributed by atoms with van der Waals surface area (Å²) < 4.78 is 13.7. The zero-order valence-corrected chi connectivity index (χ0v) is 17.4. The molecule has 0 saturated carbocycles. The number of para-hydroxylation sites is 1. The van der Waals surface area contributed by atoms with Crippen LogP contribution in [-0.2, 0) is 23.9 Å². The average Bonchev–Trinajstić information content (AvgIpc) is 2.66. The molecule has 1 aliphatic heterocycles. The van der Waals surface area contributed by atoms with Gasteiger partial charge in [0, 0.05) is 0 Å². The Balaban J connectivity index is 2.02. The first-order valence-electron chi connectivity index (χ1n) is 8.11. The molecule has 11 heteroatoms. The summed E-state index contributed by atoms with van der Waals surface area (Å²) in [5.41, 5.74) is -2.16. The Morgan fingerprint density at radius 1 is 1.28 bits per heavy atom. The molecule has 29 heavy (non-hydrogen) atoms. The Labute approximate surface area is 181 Å². The largest absolute Gasteiger partial charge is 0.484 e. The van der Waals surface area contributed by atoms with E-state index in [1.165, 1.54) is 6.92 Å². The summed E-state index contributed by atoms with van der Waals surface area (Å²) >= 11 is 16.7. The van der Waals surface area contributed by atoms with Crippen LogP contribution in [0.25, 0.3) is 0 Å². The fraction of sp³-hybridized carbons (Fsp3) is 0.278. The lowest BCUT2D eigenvalue weighted by Crippen LogP contribution is -2.61. The molecule has 156 valence electrons. The van der Waals surface area contributed by atoms with Gasteiger partial charge in [0.05, 0.1) is 0 Å². The lowest BCUT2D eigenvalue weighted by atomic mass is 10.0. The molecular weight excluding hydrogens is 447 g/mol. The second-order valence-corrected chi connectivity index (χ2v) is 8.42. The maximum Gasteiger partial charge on any atom is 0.377 e. The standard InChI is InChI=1S/C18H17Cl3N2O6/c1-11(2)18(16(26)28-10-17(19,20)21)23-15(25)13(8-29-18)22-14(24)9-27-12-6-4-3-5-7-12/h3-8H,1,9-10H2,2H3,(H,22,24)(H,23,25). The molecule has 1 heterocycles. The Morgan fingerprint density at radius 2 is 1.93 bits per heavy atom. The molecule has 0 aliphatic carbocycles. The minimum absolute atomic E-state index is 0.106. The number of hydrogen-bond acceptors (Lipinski definition) is 6. The van der Waals surface area contributed by atoms with E-state index in [0.29, 0.717) is 5.75 Å². The summed E-state index contributed by atoms with van der Waals surface area (Å²) in [4.78, 5) is 36.8. The van der Waals surface area contributed by atoms with Crippen LogP contribution < -0.4 is 15.4 Å². The monoisotopic (exact) mass is 462 g/mol. The molecular formula is C18H17Cl3N2O6. The van der Waals surface area contributed by atoms with Crippen LogP contribution in [0, 0.1) is 0 Å². The second-order valence-electron chi connectivity index (χ2n) is 5.91. The van der Waals surface area contributed by atoms with E-state index < -0.39 is 33.9 Å². The number of esters is 1. The highest BCUT2D eigenvalue weighted by atomic mass is 35.6. The molecule has 0 spiro atoms. The van der Waals surface area contributed by atoms with E-state index in [9.17, 15) is 14.4 Å². The smallest absolute Gasteiger partial charge is 0.377 e. The summed E-state index contributed by atoms with van der Waals surface area (Å²) in [5.74, 6) is -1.98. The molecule has 1 aromatic rings.